The highest BCUT2D eigenvalue weighted by Gasteiger charge is 2.30. The first-order valence-electron chi connectivity index (χ1n) is 14.2. The lowest BCUT2D eigenvalue weighted by Crippen LogP contribution is -2.51. The van der Waals surface area contributed by atoms with Crippen LogP contribution in [0.1, 0.15) is 54.7 Å². The van der Waals surface area contributed by atoms with Crippen LogP contribution in [0.15, 0.2) is 85.2 Å². The van der Waals surface area contributed by atoms with E-state index in [1.807, 2.05) is 12.1 Å². The number of rotatable bonds is 9. The molecule has 8 nitrogen and oxygen atoms in total. The fraction of sp³-hybridized carbons (Fsp3) is 0.265. The van der Waals surface area contributed by atoms with Crippen LogP contribution in [0.5, 0.6) is 0 Å². The predicted molar refractivity (Wildman–Crippen MR) is 163 cm³/mol. The highest BCUT2D eigenvalue weighted by atomic mass is 19.4. The van der Waals surface area contributed by atoms with Gasteiger partial charge in [-0.1, -0.05) is 69.3 Å². The molecule has 0 aliphatic rings. The maximum atomic E-state index is 13.1. The highest BCUT2D eigenvalue weighted by Crippen LogP contribution is 2.31. The van der Waals surface area contributed by atoms with Crippen LogP contribution in [0.2, 0.25) is 0 Å². The lowest BCUT2D eigenvalue weighted by Gasteiger charge is -2.21. The first-order chi connectivity index (χ1) is 21.1. The molecule has 45 heavy (non-hydrogen) atoms. The van der Waals surface area contributed by atoms with Crippen LogP contribution in [-0.2, 0) is 27.6 Å². The van der Waals surface area contributed by atoms with E-state index in [-0.39, 0.29) is 11.8 Å². The number of aliphatic carboxylic acids is 1. The molecule has 1 aromatic heterocycles. The summed E-state index contributed by atoms with van der Waals surface area (Å²) in [5.41, 5.74) is 3.00. The number of nitrogens with one attached hydrogen (secondary N) is 2. The predicted octanol–water partition coefficient (Wildman–Crippen LogP) is 6.06. The van der Waals surface area contributed by atoms with Gasteiger partial charge in [0.05, 0.1) is 5.56 Å². The number of benzene rings is 3. The molecule has 0 aliphatic carbocycles. The van der Waals surface area contributed by atoms with Gasteiger partial charge in [-0.15, -0.1) is 0 Å². The SMILES string of the molecule is C[C@@H](NC(=O)[C@H](Cc1ccc(-c2ncc(-c3ccc(C(F)(F)F)cc3)cn2)cc1)NC(=O)c1ccc(C(C)(C)C)cc1)C(=O)O. The van der Waals surface area contributed by atoms with Gasteiger partial charge in [-0.25, -0.2) is 9.97 Å². The van der Waals surface area contributed by atoms with Crippen LogP contribution < -0.4 is 10.6 Å². The number of carbonyl (C=O) groups excluding carboxylic acids is 2. The first-order valence-corrected chi connectivity index (χ1v) is 14.2. The summed E-state index contributed by atoms with van der Waals surface area (Å²) < 4.78 is 38.6. The number of carbonyl (C=O) groups is 3. The van der Waals surface area contributed by atoms with E-state index in [2.05, 4.69) is 41.4 Å². The maximum Gasteiger partial charge on any atom is 0.416 e. The Kier molecular flexibility index (Phi) is 9.70. The van der Waals surface area contributed by atoms with Gasteiger partial charge < -0.3 is 15.7 Å². The third-order valence-corrected chi connectivity index (χ3v) is 7.21. The summed E-state index contributed by atoms with van der Waals surface area (Å²) in [4.78, 5) is 46.2. The van der Waals surface area contributed by atoms with Gasteiger partial charge in [-0.05, 0) is 53.3 Å². The molecule has 4 aromatic rings. The number of carboxylic acids is 1. The lowest BCUT2D eigenvalue weighted by atomic mass is 9.86. The number of hydrogen-bond acceptors (Lipinski definition) is 5. The number of aromatic nitrogens is 2. The fourth-order valence-electron chi connectivity index (χ4n) is 4.45. The van der Waals surface area contributed by atoms with E-state index in [9.17, 15) is 32.7 Å². The topological polar surface area (TPSA) is 121 Å². The Morgan fingerprint density at radius 1 is 0.756 bits per heavy atom. The normalized spacial score (nSPS) is 13.0. The molecule has 0 fully saturated rings. The summed E-state index contributed by atoms with van der Waals surface area (Å²) in [6, 6.07) is 16.5. The second kappa shape index (κ2) is 13.3. The molecule has 2 atom stereocenters. The maximum absolute atomic E-state index is 13.1. The minimum atomic E-state index is -4.42. The Labute approximate surface area is 258 Å². The number of hydrogen-bond donors (Lipinski definition) is 3. The monoisotopic (exact) mass is 618 g/mol. The van der Waals surface area contributed by atoms with E-state index in [0.29, 0.717) is 33.6 Å². The van der Waals surface area contributed by atoms with Gasteiger partial charge in [-0.3, -0.25) is 14.4 Å². The zero-order valence-corrected chi connectivity index (χ0v) is 25.1. The number of nitrogens with zero attached hydrogens (tertiary/aromatic N) is 2. The third kappa shape index (κ3) is 8.53. The van der Waals surface area contributed by atoms with Crippen LogP contribution in [-0.4, -0.2) is 44.9 Å². The fourth-order valence-corrected chi connectivity index (χ4v) is 4.45. The standard InChI is InChI=1S/C34H33F3N4O4/c1-20(32(44)45)40-31(43)28(41-30(42)24-11-13-26(14-12-24)33(2,3)4)17-21-5-7-23(8-6-21)29-38-18-25(19-39-29)22-9-15-27(16-10-22)34(35,36)37/h5-16,18-20,28H,17H2,1-4H3,(H,40,43)(H,41,42)(H,44,45)/t20-,28+/m1/s1. The van der Waals surface area contributed by atoms with Crippen molar-refractivity contribution >= 4 is 17.8 Å². The lowest BCUT2D eigenvalue weighted by molar-refractivity contribution is -0.141. The van der Waals surface area contributed by atoms with E-state index in [4.69, 9.17) is 0 Å². The van der Waals surface area contributed by atoms with E-state index < -0.39 is 41.6 Å². The Balaban J connectivity index is 1.49. The van der Waals surface area contributed by atoms with Crippen LogP contribution in [0.25, 0.3) is 22.5 Å². The Morgan fingerprint density at radius 3 is 1.80 bits per heavy atom. The van der Waals surface area contributed by atoms with Gasteiger partial charge in [0.1, 0.15) is 12.1 Å². The molecule has 1 heterocycles. The zero-order valence-electron chi connectivity index (χ0n) is 25.1. The molecule has 0 spiro atoms. The van der Waals surface area contributed by atoms with Crippen LogP contribution >= 0.6 is 0 Å². The van der Waals surface area contributed by atoms with Crippen molar-refractivity contribution in [1.82, 2.24) is 20.6 Å². The molecule has 0 aliphatic heterocycles. The molecule has 11 heteroatoms. The number of carboxylic acid groups (broad SMARTS) is 1. The molecule has 2 amide bonds. The molecule has 0 saturated carbocycles. The van der Waals surface area contributed by atoms with Crippen molar-refractivity contribution in [2.75, 3.05) is 0 Å². The minimum Gasteiger partial charge on any atom is -0.480 e. The van der Waals surface area contributed by atoms with Gasteiger partial charge >= 0.3 is 12.1 Å². The van der Waals surface area contributed by atoms with Gasteiger partial charge in [0.2, 0.25) is 5.91 Å². The van der Waals surface area contributed by atoms with Crippen molar-refractivity contribution in [2.24, 2.45) is 0 Å². The Hall–Kier alpha value is -5.06. The summed E-state index contributed by atoms with van der Waals surface area (Å²) in [7, 11) is 0. The quantitative estimate of drug-likeness (QED) is 0.210. The summed E-state index contributed by atoms with van der Waals surface area (Å²) in [5, 5.41) is 14.4. The smallest absolute Gasteiger partial charge is 0.416 e. The van der Waals surface area contributed by atoms with Gasteiger partial charge in [0, 0.05) is 35.5 Å². The molecule has 0 unspecified atom stereocenters. The average molecular weight is 619 g/mol. The molecular weight excluding hydrogens is 585 g/mol. The summed E-state index contributed by atoms with van der Waals surface area (Å²) in [6.45, 7) is 7.51. The van der Waals surface area contributed by atoms with Crippen LogP contribution in [0, 0.1) is 0 Å². The van der Waals surface area contributed by atoms with Gasteiger partial charge in [0.15, 0.2) is 5.82 Å². The van der Waals surface area contributed by atoms with Gasteiger partial charge in [0.25, 0.3) is 5.91 Å². The molecule has 3 aromatic carbocycles. The van der Waals surface area contributed by atoms with E-state index in [0.717, 1.165) is 17.7 Å². The van der Waals surface area contributed by atoms with Crippen LogP contribution in [0.3, 0.4) is 0 Å². The van der Waals surface area contributed by atoms with Crippen LogP contribution in [0.4, 0.5) is 13.2 Å². The van der Waals surface area contributed by atoms with Crippen molar-refractivity contribution in [3.05, 3.63) is 107 Å². The number of amides is 2. The van der Waals surface area contributed by atoms with Crippen molar-refractivity contribution < 1.29 is 32.7 Å². The molecule has 4 rings (SSSR count). The van der Waals surface area contributed by atoms with Crippen molar-refractivity contribution in [2.45, 2.75) is 57.8 Å². The first kappa shape index (κ1) is 32.8. The molecule has 0 saturated heterocycles. The molecule has 234 valence electrons. The summed E-state index contributed by atoms with van der Waals surface area (Å²) in [5.74, 6) is -1.94. The van der Waals surface area contributed by atoms with Crippen molar-refractivity contribution in [3.8, 4) is 22.5 Å². The largest absolute Gasteiger partial charge is 0.480 e. The van der Waals surface area contributed by atoms with Gasteiger partial charge in [-0.2, -0.15) is 13.2 Å². The van der Waals surface area contributed by atoms with E-state index in [1.165, 1.54) is 31.5 Å². The number of halogens is 3. The Morgan fingerprint density at radius 2 is 1.29 bits per heavy atom. The summed E-state index contributed by atoms with van der Waals surface area (Å²) >= 11 is 0. The highest BCUT2D eigenvalue weighted by molar-refractivity contribution is 5.98. The zero-order chi connectivity index (χ0) is 32.9. The second-order valence-corrected chi connectivity index (χ2v) is 11.7. The van der Waals surface area contributed by atoms with Crippen molar-refractivity contribution in [3.63, 3.8) is 0 Å². The molecule has 0 bridgehead atoms. The number of alkyl halides is 3. The molecule has 0 radical (unpaired) electrons. The summed E-state index contributed by atoms with van der Waals surface area (Å²) in [6.07, 6.45) is -1.30. The molecular formula is C34H33F3N4O4. The second-order valence-electron chi connectivity index (χ2n) is 11.7. The average Bonchev–Trinajstić information content (AvgIpc) is 3.00. The molecule has 3 N–H and O–H groups in total. The Bertz CT molecular complexity index is 1650. The van der Waals surface area contributed by atoms with E-state index >= 15 is 0 Å². The minimum absolute atomic E-state index is 0.0813. The third-order valence-electron chi connectivity index (χ3n) is 7.21. The van der Waals surface area contributed by atoms with E-state index in [1.54, 1.807) is 36.4 Å². The van der Waals surface area contributed by atoms with Crippen molar-refractivity contribution in [1.29, 1.82) is 0 Å².